The van der Waals surface area contributed by atoms with Crippen molar-refractivity contribution in [3.8, 4) is 0 Å². The first-order valence-corrected chi connectivity index (χ1v) is 7.14. The van der Waals surface area contributed by atoms with Crippen molar-refractivity contribution in [3.05, 3.63) is 54.0 Å². The molecule has 1 aromatic carbocycles. The average Bonchev–Trinajstić information content (AvgIpc) is 3.20. The van der Waals surface area contributed by atoms with Crippen LogP contribution in [0.3, 0.4) is 0 Å². The molecule has 2 N–H and O–H groups in total. The fourth-order valence-electron chi connectivity index (χ4n) is 2.40. The zero-order valence-corrected chi connectivity index (χ0v) is 12.3. The number of carbonyl (C=O) groups excluding carboxylic acids is 1. The van der Waals surface area contributed by atoms with E-state index in [1.54, 1.807) is 18.3 Å². The van der Waals surface area contributed by atoms with Crippen LogP contribution in [0.5, 0.6) is 0 Å². The molecule has 0 spiro atoms. The van der Waals surface area contributed by atoms with Crippen molar-refractivity contribution in [1.82, 2.24) is 35.3 Å². The quantitative estimate of drug-likeness (QED) is 0.597. The van der Waals surface area contributed by atoms with Gasteiger partial charge in [0.15, 0.2) is 5.65 Å². The minimum absolute atomic E-state index is 0.213. The number of tetrazole rings is 1. The summed E-state index contributed by atoms with van der Waals surface area (Å²) in [6.07, 6.45) is 1.59. The van der Waals surface area contributed by atoms with Crippen molar-refractivity contribution >= 4 is 22.6 Å². The Bertz CT molecular complexity index is 970. The smallest absolute Gasteiger partial charge is 0.253 e. The molecule has 1 atom stereocenters. The number of aromatic amines is 1. The summed E-state index contributed by atoms with van der Waals surface area (Å²) < 4.78 is 1.46. The SMILES string of the molecule is C[C@@H](NC(=O)c1ccc2nnnn2c1)c1nc2ccccc2[nH]1. The number of fused-ring (bicyclic) bond motifs is 2. The van der Waals surface area contributed by atoms with Crippen LogP contribution in [-0.2, 0) is 0 Å². The number of rotatable bonds is 3. The molecule has 4 rings (SSSR count). The van der Waals surface area contributed by atoms with Crippen LogP contribution in [0.25, 0.3) is 16.7 Å². The van der Waals surface area contributed by atoms with E-state index in [-0.39, 0.29) is 11.9 Å². The number of amides is 1. The number of benzene rings is 1. The number of H-pyrrole nitrogens is 1. The lowest BCUT2D eigenvalue weighted by molar-refractivity contribution is 0.0938. The van der Waals surface area contributed by atoms with Crippen LogP contribution < -0.4 is 5.32 Å². The molecule has 0 fully saturated rings. The normalized spacial score (nSPS) is 12.6. The van der Waals surface area contributed by atoms with Gasteiger partial charge in [-0.1, -0.05) is 12.1 Å². The van der Waals surface area contributed by atoms with Crippen molar-refractivity contribution in [2.75, 3.05) is 0 Å². The standard InChI is InChI=1S/C15H13N7O/c1-9(14-17-11-4-2-3-5-12(11)18-14)16-15(23)10-6-7-13-19-20-21-22(13)8-10/h2-9H,1H3,(H,16,23)(H,17,18)/t9-/m1/s1. The Morgan fingerprint density at radius 3 is 3.00 bits per heavy atom. The van der Waals surface area contributed by atoms with Gasteiger partial charge in [0, 0.05) is 6.20 Å². The molecule has 0 aliphatic heterocycles. The summed E-state index contributed by atoms with van der Waals surface area (Å²) in [5.41, 5.74) is 2.89. The van der Waals surface area contributed by atoms with E-state index in [0.717, 1.165) is 11.0 Å². The Kier molecular flexibility index (Phi) is 3.00. The van der Waals surface area contributed by atoms with E-state index >= 15 is 0 Å². The molecule has 0 unspecified atom stereocenters. The lowest BCUT2D eigenvalue weighted by atomic mass is 10.2. The second-order valence-electron chi connectivity index (χ2n) is 5.23. The van der Waals surface area contributed by atoms with E-state index < -0.39 is 0 Å². The highest BCUT2D eigenvalue weighted by Gasteiger charge is 2.15. The monoisotopic (exact) mass is 307 g/mol. The molecular formula is C15H13N7O. The number of carbonyl (C=O) groups is 1. The number of nitrogens with one attached hydrogen (secondary N) is 2. The summed E-state index contributed by atoms with van der Waals surface area (Å²) in [4.78, 5) is 20.1. The molecule has 3 aromatic heterocycles. The zero-order chi connectivity index (χ0) is 15.8. The molecular weight excluding hydrogens is 294 g/mol. The first kappa shape index (κ1) is 13.4. The molecule has 0 saturated heterocycles. The molecule has 8 heteroatoms. The third kappa shape index (κ3) is 2.39. The van der Waals surface area contributed by atoms with Gasteiger partial charge in [0.2, 0.25) is 0 Å². The van der Waals surface area contributed by atoms with Crippen molar-refractivity contribution in [1.29, 1.82) is 0 Å². The lowest BCUT2D eigenvalue weighted by Gasteiger charge is -2.11. The van der Waals surface area contributed by atoms with Crippen LogP contribution in [0.1, 0.15) is 29.1 Å². The molecule has 0 aliphatic carbocycles. The average molecular weight is 307 g/mol. The van der Waals surface area contributed by atoms with E-state index in [4.69, 9.17) is 0 Å². The van der Waals surface area contributed by atoms with Gasteiger partial charge in [-0.2, -0.15) is 4.52 Å². The molecule has 114 valence electrons. The molecule has 0 saturated carbocycles. The minimum Gasteiger partial charge on any atom is -0.342 e. The fraction of sp³-hybridized carbons (Fsp3) is 0.133. The first-order chi connectivity index (χ1) is 11.2. The van der Waals surface area contributed by atoms with Crippen LogP contribution in [0.15, 0.2) is 42.6 Å². The third-order valence-electron chi connectivity index (χ3n) is 3.62. The highest BCUT2D eigenvalue weighted by molar-refractivity contribution is 5.94. The number of para-hydroxylation sites is 2. The Labute approximate surface area is 130 Å². The second-order valence-corrected chi connectivity index (χ2v) is 5.23. The number of nitrogens with zero attached hydrogens (tertiary/aromatic N) is 5. The van der Waals surface area contributed by atoms with E-state index in [2.05, 4.69) is 30.8 Å². The highest BCUT2D eigenvalue weighted by atomic mass is 16.1. The van der Waals surface area contributed by atoms with E-state index in [9.17, 15) is 4.79 Å². The van der Waals surface area contributed by atoms with Crippen LogP contribution in [0.2, 0.25) is 0 Å². The van der Waals surface area contributed by atoms with Crippen molar-refractivity contribution < 1.29 is 4.79 Å². The molecule has 0 radical (unpaired) electrons. The maximum atomic E-state index is 12.4. The summed E-state index contributed by atoms with van der Waals surface area (Å²) in [6.45, 7) is 1.88. The van der Waals surface area contributed by atoms with Crippen molar-refractivity contribution in [2.45, 2.75) is 13.0 Å². The zero-order valence-electron chi connectivity index (χ0n) is 12.3. The van der Waals surface area contributed by atoms with Crippen LogP contribution >= 0.6 is 0 Å². The predicted octanol–water partition coefficient (Wildman–Crippen LogP) is 1.49. The van der Waals surface area contributed by atoms with E-state index in [1.807, 2.05) is 31.2 Å². The van der Waals surface area contributed by atoms with Gasteiger partial charge >= 0.3 is 0 Å². The van der Waals surface area contributed by atoms with Crippen LogP contribution in [0, 0.1) is 0 Å². The maximum Gasteiger partial charge on any atom is 0.253 e. The van der Waals surface area contributed by atoms with Crippen molar-refractivity contribution in [3.63, 3.8) is 0 Å². The molecule has 0 bridgehead atoms. The largest absolute Gasteiger partial charge is 0.342 e. The topological polar surface area (TPSA) is 101 Å². The highest BCUT2D eigenvalue weighted by Crippen LogP contribution is 2.16. The first-order valence-electron chi connectivity index (χ1n) is 7.14. The second kappa shape index (κ2) is 5.16. The third-order valence-corrected chi connectivity index (χ3v) is 3.62. The Morgan fingerprint density at radius 2 is 2.13 bits per heavy atom. The van der Waals surface area contributed by atoms with Crippen molar-refractivity contribution in [2.24, 2.45) is 0 Å². The number of pyridine rings is 1. The molecule has 0 aliphatic rings. The van der Waals surface area contributed by atoms with Gasteiger partial charge in [0.05, 0.1) is 22.6 Å². The Morgan fingerprint density at radius 1 is 1.26 bits per heavy atom. The summed E-state index contributed by atoms with van der Waals surface area (Å²) in [5.74, 6) is 0.499. The van der Waals surface area contributed by atoms with Gasteiger partial charge in [-0.05, 0) is 41.6 Å². The Balaban J connectivity index is 1.57. The van der Waals surface area contributed by atoms with Crippen LogP contribution in [0.4, 0.5) is 0 Å². The lowest BCUT2D eigenvalue weighted by Crippen LogP contribution is -2.27. The summed E-state index contributed by atoms with van der Waals surface area (Å²) in [5, 5.41) is 14.1. The number of aromatic nitrogens is 6. The predicted molar refractivity (Wildman–Crippen MR) is 82.8 cm³/mol. The number of imidazole rings is 1. The fourth-order valence-corrected chi connectivity index (χ4v) is 2.40. The number of hydrogen-bond donors (Lipinski definition) is 2. The minimum atomic E-state index is -0.250. The molecule has 23 heavy (non-hydrogen) atoms. The van der Waals surface area contributed by atoms with Gasteiger partial charge in [0.25, 0.3) is 5.91 Å². The molecule has 8 nitrogen and oxygen atoms in total. The maximum absolute atomic E-state index is 12.4. The summed E-state index contributed by atoms with van der Waals surface area (Å²) in [7, 11) is 0. The number of hydrogen-bond acceptors (Lipinski definition) is 5. The van der Waals surface area contributed by atoms with Gasteiger partial charge in [-0.25, -0.2) is 4.98 Å². The van der Waals surface area contributed by atoms with E-state index in [1.165, 1.54) is 4.52 Å². The molecule has 3 heterocycles. The van der Waals surface area contributed by atoms with Gasteiger partial charge in [-0.15, -0.1) is 5.10 Å². The van der Waals surface area contributed by atoms with Gasteiger partial charge < -0.3 is 10.3 Å². The molecule has 4 aromatic rings. The summed E-state index contributed by atoms with van der Waals surface area (Å²) >= 11 is 0. The van der Waals surface area contributed by atoms with E-state index in [0.29, 0.717) is 17.0 Å². The van der Waals surface area contributed by atoms with Gasteiger partial charge in [-0.3, -0.25) is 4.79 Å². The Hall–Kier alpha value is -3.29. The summed E-state index contributed by atoms with van der Waals surface area (Å²) in [6, 6.07) is 10.9. The van der Waals surface area contributed by atoms with Gasteiger partial charge in [0.1, 0.15) is 5.82 Å². The van der Waals surface area contributed by atoms with Crippen LogP contribution in [-0.4, -0.2) is 35.9 Å². The molecule has 1 amide bonds.